The summed E-state index contributed by atoms with van der Waals surface area (Å²) in [6.45, 7) is 1.95. The molecule has 0 aliphatic heterocycles. The first-order valence-corrected chi connectivity index (χ1v) is 7.16. The van der Waals surface area contributed by atoms with E-state index in [-0.39, 0.29) is 6.61 Å². The fraction of sp³-hybridized carbons (Fsp3) is 0.800. The van der Waals surface area contributed by atoms with E-state index in [9.17, 15) is 14.4 Å². The Morgan fingerprint density at radius 1 is 0.833 bits per heavy atom. The third-order valence-electron chi connectivity index (χ3n) is 2.88. The maximum Gasteiger partial charge on any atom is 0.303 e. The molecule has 0 heterocycles. The number of esters is 3. The van der Waals surface area contributed by atoms with Crippen LogP contribution in [0.2, 0.25) is 0 Å². The third kappa shape index (κ3) is 8.23. The molecule has 5 atom stereocenters. The van der Waals surface area contributed by atoms with Crippen molar-refractivity contribution in [1.82, 2.24) is 0 Å². The molecule has 0 aromatic rings. The first-order chi connectivity index (χ1) is 11.7. The van der Waals surface area contributed by atoms with Gasteiger partial charge in [-0.15, -0.1) is 0 Å². The normalized spacial score (nSPS) is 17.7. The van der Waals surface area contributed by atoms with Gasteiger partial charge in [-0.3, -0.25) is 14.4 Å². The monoisotopic (exact) mass is 351 g/mol. The maximum atomic E-state index is 11.5. The van der Waals surface area contributed by atoms with Crippen molar-refractivity contribution in [2.45, 2.75) is 45.2 Å². The summed E-state index contributed by atoms with van der Waals surface area (Å²) in [6, 6.07) is 0. The van der Waals surface area contributed by atoms with Gasteiger partial charge in [0.05, 0.1) is 7.98 Å². The van der Waals surface area contributed by atoms with Crippen molar-refractivity contribution >= 4 is 17.9 Å². The van der Waals surface area contributed by atoms with Crippen LogP contribution in [0.4, 0.5) is 0 Å². The number of ether oxygens (including phenoxy) is 6. The molecule has 0 N–H and O–H groups in total. The van der Waals surface area contributed by atoms with Gasteiger partial charge < -0.3 is 28.4 Å². The number of methoxy groups -OCH3 is 3. The summed E-state index contributed by atoms with van der Waals surface area (Å²) in [5.74, 6) is -1.98. The molecule has 0 saturated carbocycles. The molecule has 0 fully saturated rings. The Morgan fingerprint density at radius 2 is 1.42 bits per heavy atom. The molecular weight excluding hydrogens is 324 g/mol. The zero-order chi connectivity index (χ0) is 19.6. The van der Waals surface area contributed by atoms with Crippen LogP contribution in [0.3, 0.4) is 0 Å². The second-order valence-electron chi connectivity index (χ2n) is 4.82. The zero-order valence-corrected chi connectivity index (χ0v) is 14.8. The van der Waals surface area contributed by atoms with Crippen molar-refractivity contribution in [1.29, 1.82) is 0 Å². The average Bonchev–Trinajstić information content (AvgIpc) is 2.46. The maximum absolute atomic E-state index is 11.5. The van der Waals surface area contributed by atoms with Gasteiger partial charge in [-0.05, 0) is 0 Å². The van der Waals surface area contributed by atoms with Crippen LogP contribution in [0.15, 0.2) is 0 Å². The number of hydrogen-bond acceptors (Lipinski definition) is 9. The van der Waals surface area contributed by atoms with Gasteiger partial charge in [-0.25, -0.2) is 0 Å². The minimum Gasteiger partial charge on any atom is -0.463 e. The molecular formula is C15H26O9. The van der Waals surface area contributed by atoms with E-state index in [2.05, 4.69) is 0 Å². The van der Waals surface area contributed by atoms with Crippen LogP contribution < -0.4 is 0 Å². The highest BCUT2D eigenvalue weighted by Gasteiger charge is 2.40. The molecule has 9 nitrogen and oxygen atoms in total. The van der Waals surface area contributed by atoms with E-state index in [4.69, 9.17) is 29.8 Å². The summed E-state index contributed by atoms with van der Waals surface area (Å²) >= 11 is 0. The van der Waals surface area contributed by atoms with Crippen LogP contribution in [-0.4, -0.2) is 76.8 Å². The predicted octanol–water partition coefficient (Wildman–Crippen LogP) is 0.0893. The van der Waals surface area contributed by atoms with Crippen LogP contribution >= 0.6 is 0 Å². The highest BCUT2D eigenvalue weighted by molar-refractivity contribution is 5.67. The van der Waals surface area contributed by atoms with E-state index >= 15 is 0 Å². The molecule has 0 saturated heterocycles. The molecule has 0 radical (unpaired) electrons. The minimum absolute atomic E-state index is 0.0531. The topological polar surface area (TPSA) is 107 Å². The van der Waals surface area contributed by atoms with E-state index < -0.39 is 48.9 Å². The Hall–Kier alpha value is -1.71. The van der Waals surface area contributed by atoms with Gasteiger partial charge in [0.1, 0.15) is 18.8 Å². The van der Waals surface area contributed by atoms with E-state index in [1.807, 2.05) is 0 Å². The van der Waals surface area contributed by atoms with Crippen molar-refractivity contribution < 1.29 is 44.2 Å². The lowest BCUT2D eigenvalue weighted by Gasteiger charge is -2.34. The Bertz CT molecular complexity index is 443. The summed E-state index contributed by atoms with van der Waals surface area (Å²) in [4.78, 5) is 33.9. The van der Waals surface area contributed by atoms with Crippen molar-refractivity contribution in [2.75, 3.05) is 34.5 Å². The van der Waals surface area contributed by atoms with Crippen LogP contribution in [-0.2, 0) is 42.8 Å². The van der Waals surface area contributed by atoms with Crippen molar-refractivity contribution in [3.8, 4) is 0 Å². The molecule has 0 aliphatic carbocycles. The minimum atomic E-state index is -1.50. The van der Waals surface area contributed by atoms with Crippen LogP contribution in [0.5, 0.6) is 0 Å². The molecule has 0 rings (SSSR count). The first kappa shape index (κ1) is 20.3. The second kappa shape index (κ2) is 11.8. The number of carbonyl (C=O) groups is 3. The van der Waals surface area contributed by atoms with Crippen LogP contribution in [0.25, 0.3) is 0 Å². The summed E-state index contributed by atoms with van der Waals surface area (Å²) in [5.41, 5.74) is 0. The number of rotatable bonds is 11. The lowest BCUT2D eigenvalue weighted by molar-refractivity contribution is -0.194. The SMILES string of the molecule is [2H]C(OC(C)=O)[C@H](OC)[C@@H](OC(C)=O)[C@H](OC)[C@@H](COC)OC(C)=O. The second-order valence-corrected chi connectivity index (χ2v) is 4.82. The Morgan fingerprint density at radius 3 is 1.79 bits per heavy atom. The van der Waals surface area contributed by atoms with E-state index in [1.54, 1.807) is 0 Å². The molecule has 24 heavy (non-hydrogen) atoms. The van der Waals surface area contributed by atoms with Crippen molar-refractivity contribution in [2.24, 2.45) is 0 Å². The van der Waals surface area contributed by atoms with Crippen LogP contribution in [0.1, 0.15) is 22.1 Å². The van der Waals surface area contributed by atoms with Crippen molar-refractivity contribution in [3.63, 3.8) is 0 Å². The largest absolute Gasteiger partial charge is 0.463 e. The molecule has 0 aromatic carbocycles. The molecule has 140 valence electrons. The Labute approximate surface area is 142 Å². The quantitative estimate of drug-likeness (QED) is 0.378. The smallest absolute Gasteiger partial charge is 0.303 e. The summed E-state index contributed by atoms with van der Waals surface area (Å²) in [7, 11) is 3.96. The van der Waals surface area contributed by atoms with Gasteiger partial charge >= 0.3 is 17.9 Å². The summed E-state index contributed by atoms with van der Waals surface area (Å²) in [6.07, 6.45) is -4.36. The van der Waals surface area contributed by atoms with Gasteiger partial charge in [-0.1, -0.05) is 0 Å². The summed E-state index contributed by atoms with van der Waals surface area (Å²) in [5, 5.41) is 0. The molecule has 0 aromatic heterocycles. The predicted molar refractivity (Wildman–Crippen MR) is 81.2 cm³/mol. The standard InChI is InChI=1S/C15H26O9/c1-9(16)22-8-12(20-5)15(24-11(3)18)14(21-6)13(7-19-4)23-10(2)17/h12-15H,7-8H2,1-6H3/t12-,13+,14+,15+/m0/s1/i8D/t8?,12-,13+,14+,15+. The molecule has 9 heteroatoms. The molecule has 0 bridgehead atoms. The molecule has 0 amide bonds. The fourth-order valence-corrected chi connectivity index (χ4v) is 2.01. The number of carbonyl (C=O) groups excluding carboxylic acids is 3. The number of hydrogen-bond donors (Lipinski definition) is 0. The van der Waals surface area contributed by atoms with Gasteiger partial charge in [0.25, 0.3) is 0 Å². The lowest BCUT2D eigenvalue weighted by Crippen LogP contribution is -2.52. The first-order valence-electron chi connectivity index (χ1n) is 7.74. The van der Waals surface area contributed by atoms with E-state index in [0.29, 0.717) is 0 Å². The molecule has 0 spiro atoms. The summed E-state index contributed by atoms with van der Waals surface area (Å²) < 4.78 is 38.6. The third-order valence-corrected chi connectivity index (χ3v) is 2.88. The van der Waals surface area contributed by atoms with E-state index in [0.717, 1.165) is 13.8 Å². The lowest BCUT2D eigenvalue weighted by atomic mass is 10.0. The zero-order valence-electron chi connectivity index (χ0n) is 15.8. The van der Waals surface area contributed by atoms with E-state index in [1.165, 1.54) is 28.3 Å². The van der Waals surface area contributed by atoms with Crippen molar-refractivity contribution in [3.05, 3.63) is 0 Å². The highest BCUT2D eigenvalue weighted by Crippen LogP contribution is 2.18. The van der Waals surface area contributed by atoms with Crippen LogP contribution in [0, 0.1) is 0 Å². The van der Waals surface area contributed by atoms with Gasteiger partial charge in [0.15, 0.2) is 12.2 Å². The van der Waals surface area contributed by atoms with Gasteiger partial charge in [0, 0.05) is 42.1 Å². The van der Waals surface area contributed by atoms with Gasteiger partial charge in [0.2, 0.25) is 0 Å². The van der Waals surface area contributed by atoms with Gasteiger partial charge in [-0.2, -0.15) is 0 Å². The molecule has 0 aliphatic rings. The Balaban J connectivity index is 5.68. The highest BCUT2D eigenvalue weighted by atomic mass is 16.6. The molecule has 1 unspecified atom stereocenters. The Kier molecular flexibility index (Phi) is 9.97. The average molecular weight is 351 g/mol. The fourth-order valence-electron chi connectivity index (χ4n) is 2.01.